The van der Waals surface area contributed by atoms with Crippen LogP contribution in [0.15, 0.2) is 24.3 Å². The van der Waals surface area contributed by atoms with Crippen molar-refractivity contribution in [1.29, 1.82) is 0 Å². The molecule has 1 aromatic rings. The van der Waals surface area contributed by atoms with Crippen LogP contribution in [0, 0.1) is 0 Å². The maximum absolute atomic E-state index is 10.7. The van der Waals surface area contributed by atoms with Crippen LogP contribution >= 0.6 is 0 Å². The van der Waals surface area contributed by atoms with Crippen LogP contribution in [0.3, 0.4) is 0 Å². The lowest BCUT2D eigenvalue weighted by Crippen LogP contribution is -2.04. The van der Waals surface area contributed by atoms with Crippen LogP contribution in [0.5, 0.6) is 0 Å². The van der Waals surface area contributed by atoms with E-state index in [9.17, 15) is 4.79 Å². The quantitative estimate of drug-likeness (QED) is 0.822. The molecule has 0 heterocycles. The Morgan fingerprint density at radius 2 is 1.62 bits per heavy atom. The zero-order chi connectivity index (χ0) is 15.7. The van der Waals surface area contributed by atoms with E-state index in [1.807, 2.05) is 0 Å². The highest BCUT2D eigenvalue weighted by atomic mass is 16.6. The summed E-state index contributed by atoms with van der Waals surface area (Å²) in [5, 5.41) is 13.9. The fraction of sp³-hybridized carbons (Fsp3) is 0.500. The number of ether oxygens (including phenoxy) is 1. The average molecular weight is 294 g/mol. The van der Waals surface area contributed by atoms with Crippen molar-refractivity contribution in [2.45, 2.75) is 51.6 Å². The lowest BCUT2D eigenvalue weighted by molar-refractivity contribution is -0.142. The average Bonchev–Trinajstić information content (AvgIpc) is 2.46. The van der Waals surface area contributed by atoms with Crippen LogP contribution in [0.4, 0.5) is 4.79 Å². The monoisotopic (exact) mass is 294 g/mol. The predicted octanol–water partition coefficient (Wildman–Crippen LogP) is 4.02. The van der Waals surface area contributed by atoms with Gasteiger partial charge in [-0.2, -0.15) is 0 Å². The first-order chi connectivity index (χ1) is 9.99. The summed E-state index contributed by atoms with van der Waals surface area (Å²) in [5.41, 5.74) is 2.51. The normalized spacial score (nSPS) is 14.7. The van der Waals surface area contributed by atoms with E-state index in [1.54, 1.807) is 0 Å². The Labute approximate surface area is 124 Å². The summed E-state index contributed by atoms with van der Waals surface area (Å²) in [4.78, 5) is 19.3. The molecule has 1 aliphatic rings. The molecule has 0 spiro atoms. The number of esters is 1. The number of rotatable bonds is 3. The lowest BCUT2D eigenvalue weighted by Gasteiger charge is -2.22. The van der Waals surface area contributed by atoms with E-state index < -0.39 is 6.16 Å². The van der Waals surface area contributed by atoms with Crippen molar-refractivity contribution in [3.63, 3.8) is 0 Å². The first kappa shape index (κ1) is 17.0. The van der Waals surface area contributed by atoms with Gasteiger partial charge in [0.15, 0.2) is 0 Å². The van der Waals surface area contributed by atoms with Crippen molar-refractivity contribution in [3.05, 3.63) is 35.4 Å². The molecule has 1 aromatic carbocycles. The van der Waals surface area contributed by atoms with Gasteiger partial charge in [-0.1, -0.05) is 43.5 Å². The number of hydrogen-bond donors (Lipinski definition) is 2. The molecular weight excluding hydrogens is 272 g/mol. The molecule has 1 fully saturated rings. The molecule has 116 valence electrons. The summed E-state index contributed by atoms with van der Waals surface area (Å²) in [6, 6.07) is 8.53. The maximum atomic E-state index is 10.7. The third kappa shape index (κ3) is 7.34. The van der Waals surface area contributed by atoms with Crippen molar-refractivity contribution >= 4 is 12.1 Å². The number of benzene rings is 1. The summed E-state index contributed by atoms with van der Waals surface area (Å²) < 4.78 is 4.97. The summed E-state index contributed by atoms with van der Waals surface area (Å²) >= 11 is 0. The molecule has 0 aliphatic heterocycles. The van der Waals surface area contributed by atoms with Crippen LogP contribution in [0.25, 0.3) is 0 Å². The smallest absolute Gasteiger partial charge is 0.461 e. The zero-order valence-corrected chi connectivity index (χ0v) is 12.2. The van der Waals surface area contributed by atoms with E-state index >= 15 is 0 Å². The molecule has 5 heteroatoms. The van der Waals surface area contributed by atoms with Gasteiger partial charge in [0.25, 0.3) is 0 Å². The summed E-state index contributed by atoms with van der Waals surface area (Å²) in [6.45, 7) is 1.83. The molecular formula is C16H22O5. The van der Waals surface area contributed by atoms with Gasteiger partial charge in [0.2, 0.25) is 0 Å². The van der Waals surface area contributed by atoms with Gasteiger partial charge in [-0.25, -0.2) is 4.79 Å². The third-order valence-electron chi connectivity index (χ3n) is 3.50. The molecule has 21 heavy (non-hydrogen) atoms. The maximum Gasteiger partial charge on any atom is 0.503 e. The van der Waals surface area contributed by atoms with Crippen molar-refractivity contribution in [3.8, 4) is 0 Å². The van der Waals surface area contributed by atoms with Gasteiger partial charge in [-0.15, -0.1) is 0 Å². The van der Waals surface area contributed by atoms with E-state index in [-0.39, 0.29) is 5.97 Å². The Balaban J connectivity index is 0.000000491. The first-order valence-corrected chi connectivity index (χ1v) is 7.13. The van der Waals surface area contributed by atoms with Gasteiger partial charge >= 0.3 is 12.1 Å². The van der Waals surface area contributed by atoms with Crippen molar-refractivity contribution < 1.29 is 24.5 Å². The van der Waals surface area contributed by atoms with Crippen LogP contribution in [0.1, 0.15) is 56.1 Å². The highest BCUT2D eigenvalue weighted by Crippen LogP contribution is 2.32. The van der Waals surface area contributed by atoms with Gasteiger partial charge in [0.05, 0.1) is 0 Å². The van der Waals surface area contributed by atoms with E-state index in [0.717, 1.165) is 11.5 Å². The molecule has 0 saturated heterocycles. The molecule has 2 N–H and O–H groups in total. The van der Waals surface area contributed by atoms with Gasteiger partial charge in [0, 0.05) is 6.92 Å². The molecule has 1 aliphatic carbocycles. The van der Waals surface area contributed by atoms with Crippen LogP contribution in [0.2, 0.25) is 0 Å². The SMILES string of the molecule is CC(=O)OCc1ccc(C2CCCCC2)cc1.O=C(O)O. The first-order valence-electron chi connectivity index (χ1n) is 7.13. The Bertz CT molecular complexity index is 442. The standard InChI is InChI=1S/C15H20O2.CH2O3/c1-12(16)17-11-13-7-9-15(10-8-13)14-5-3-2-4-6-14;2-1(3)4/h7-10,14H,2-6,11H2,1H3;(H2,2,3,4). The molecule has 0 aromatic heterocycles. The fourth-order valence-corrected chi connectivity index (χ4v) is 2.51. The van der Waals surface area contributed by atoms with Gasteiger partial charge in [-0.3, -0.25) is 4.79 Å². The Morgan fingerprint density at radius 1 is 1.10 bits per heavy atom. The summed E-state index contributed by atoms with van der Waals surface area (Å²) in [7, 11) is 0. The van der Waals surface area contributed by atoms with Crippen LogP contribution in [-0.2, 0) is 16.1 Å². The molecule has 5 nitrogen and oxygen atoms in total. The zero-order valence-electron chi connectivity index (χ0n) is 12.2. The Hall–Kier alpha value is -2.04. The fourth-order valence-electron chi connectivity index (χ4n) is 2.51. The molecule has 0 atom stereocenters. The number of carbonyl (C=O) groups is 2. The van der Waals surface area contributed by atoms with Crippen molar-refractivity contribution in [1.82, 2.24) is 0 Å². The number of carboxylic acid groups (broad SMARTS) is 2. The number of hydrogen-bond acceptors (Lipinski definition) is 3. The minimum Gasteiger partial charge on any atom is -0.461 e. The van der Waals surface area contributed by atoms with E-state index in [2.05, 4.69) is 24.3 Å². The van der Waals surface area contributed by atoms with Crippen molar-refractivity contribution in [2.24, 2.45) is 0 Å². The molecule has 0 radical (unpaired) electrons. The van der Waals surface area contributed by atoms with Gasteiger partial charge in [0.1, 0.15) is 6.61 Å². The van der Waals surface area contributed by atoms with Crippen LogP contribution in [-0.4, -0.2) is 22.3 Å². The molecule has 0 unspecified atom stereocenters. The van der Waals surface area contributed by atoms with Gasteiger partial charge < -0.3 is 14.9 Å². The summed E-state index contributed by atoms with van der Waals surface area (Å²) in [6.07, 6.45) is 4.92. The highest BCUT2D eigenvalue weighted by Gasteiger charge is 2.14. The largest absolute Gasteiger partial charge is 0.503 e. The second-order valence-corrected chi connectivity index (χ2v) is 5.14. The van der Waals surface area contributed by atoms with Crippen LogP contribution < -0.4 is 0 Å². The third-order valence-corrected chi connectivity index (χ3v) is 3.50. The van der Waals surface area contributed by atoms with Gasteiger partial charge in [-0.05, 0) is 29.9 Å². The molecule has 0 amide bonds. The summed E-state index contributed by atoms with van der Waals surface area (Å²) in [5.74, 6) is 0.521. The Kier molecular flexibility index (Phi) is 7.29. The highest BCUT2D eigenvalue weighted by molar-refractivity contribution is 5.65. The second-order valence-electron chi connectivity index (χ2n) is 5.14. The number of carbonyl (C=O) groups excluding carboxylic acids is 1. The molecule has 1 saturated carbocycles. The van der Waals surface area contributed by atoms with E-state index in [4.69, 9.17) is 19.7 Å². The van der Waals surface area contributed by atoms with Crippen molar-refractivity contribution in [2.75, 3.05) is 0 Å². The predicted molar refractivity (Wildman–Crippen MR) is 78.4 cm³/mol. The van der Waals surface area contributed by atoms with E-state index in [0.29, 0.717) is 6.61 Å². The molecule has 2 rings (SSSR count). The Morgan fingerprint density at radius 3 is 2.10 bits per heavy atom. The minimum absolute atomic E-state index is 0.221. The minimum atomic E-state index is -1.83. The molecule has 0 bridgehead atoms. The topological polar surface area (TPSA) is 83.8 Å². The second kappa shape index (κ2) is 9.00. The lowest BCUT2D eigenvalue weighted by atomic mass is 9.84. The van der Waals surface area contributed by atoms with E-state index in [1.165, 1.54) is 44.6 Å².